The van der Waals surface area contributed by atoms with Crippen LogP contribution in [0.15, 0.2) is 48.7 Å². The number of nitrogens with two attached hydrogens (primary N) is 1. The molecule has 0 unspecified atom stereocenters. The number of likely N-dealkylation sites (N-methyl/N-ethyl adjacent to an activating group) is 1. The van der Waals surface area contributed by atoms with E-state index in [1.165, 1.54) is 7.11 Å². The van der Waals surface area contributed by atoms with Gasteiger partial charge in [-0.3, -0.25) is 9.36 Å². The average Bonchev–Trinajstić information content (AvgIpc) is 3.17. The molecule has 36 heavy (non-hydrogen) atoms. The molecule has 1 amide bonds. The van der Waals surface area contributed by atoms with Gasteiger partial charge in [-0.1, -0.05) is 0 Å². The van der Waals surface area contributed by atoms with E-state index in [0.717, 1.165) is 17.1 Å². The zero-order valence-corrected chi connectivity index (χ0v) is 20.4. The number of amides is 1. The second kappa shape index (κ2) is 9.29. The minimum Gasteiger partial charge on any atom is -0.465 e. The number of rotatable bonds is 4. The number of esters is 1. The van der Waals surface area contributed by atoms with Crippen LogP contribution >= 0.6 is 0 Å². The zero-order chi connectivity index (χ0) is 25.4. The molecule has 0 radical (unpaired) electrons. The fourth-order valence-corrected chi connectivity index (χ4v) is 4.44. The number of nitrogen functional groups attached to an aromatic ring is 1. The molecule has 5 rings (SSSR count). The van der Waals surface area contributed by atoms with E-state index >= 15 is 0 Å². The highest BCUT2D eigenvalue weighted by Gasteiger charge is 2.23. The first-order valence-electron chi connectivity index (χ1n) is 11.7. The third kappa shape index (κ3) is 4.10. The van der Waals surface area contributed by atoms with Gasteiger partial charge in [-0.05, 0) is 55.0 Å². The first-order valence-corrected chi connectivity index (χ1v) is 11.7. The predicted octanol–water partition coefficient (Wildman–Crippen LogP) is 2.83. The van der Waals surface area contributed by atoms with Crippen LogP contribution in [-0.4, -0.2) is 70.1 Å². The van der Waals surface area contributed by atoms with Crippen molar-refractivity contribution >= 4 is 34.7 Å². The topological polar surface area (TPSA) is 119 Å². The number of pyridine rings is 2. The van der Waals surface area contributed by atoms with Gasteiger partial charge in [-0.15, -0.1) is 0 Å². The van der Waals surface area contributed by atoms with Gasteiger partial charge in [-0.2, -0.15) is 0 Å². The van der Waals surface area contributed by atoms with Crippen molar-refractivity contribution in [3.63, 3.8) is 0 Å². The van der Waals surface area contributed by atoms with Crippen molar-refractivity contribution in [2.75, 3.05) is 44.4 Å². The van der Waals surface area contributed by atoms with E-state index in [2.05, 4.69) is 9.88 Å². The first kappa shape index (κ1) is 23.3. The van der Waals surface area contributed by atoms with Gasteiger partial charge in [-0.25, -0.2) is 19.7 Å². The van der Waals surface area contributed by atoms with Gasteiger partial charge in [0.1, 0.15) is 17.2 Å². The Labute approximate surface area is 208 Å². The highest BCUT2D eigenvalue weighted by atomic mass is 16.5. The number of benzene rings is 1. The van der Waals surface area contributed by atoms with E-state index in [1.807, 2.05) is 54.9 Å². The van der Waals surface area contributed by atoms with Crippen molar-refractivity contribution in [1.82, 2.24) is 24.4 Å². The maximum atomic E-state index is 12.2. The van der Waals surface area contributed by atoms with Crippen LogP contribution in [0.1, 0.15) is 22.3 Å². The molecule has 0 bridgehead atoms. The Kier molecular flexibility index (Phi) is 6.01. The van der Waals surface area contributed by atoms with E-state index in [4.69, 9.17) is 20.4 Å². The summed E-state index contributed by atoms with van der Waals surface area (Å²) in [4.78, 5) is 42.3. The Morgan fingerprint density at radius 3 is 2.67 bits per heavy atom. The maximum absolute atomic E-state index is 12.2. The number of anilines is 2. The van der Waals surface area contributed by atoms with Crippen LogP contribution in [0.2, 0.25) is 0 Å². The molecule has 0 aliphatic carbocycles. The number of imidazole rings is 1. The van der Waals surface area contributed by atoms with Crippen LogP contribution in [0.25, 0.3) is 28.2 Å². The molecule has 10 nitrogen and oxygen atoms in total. The number of hydrogen-bond donors (Lipinski definition) is 1. The van der Waals surface area contributed by atoms with E-state index in [1.54, 1.807) is 17.2 Å². The van der Waals surface area contributed by atoms with E-state index in [-0.39, 0.29) is 5.91 Å². The second-order valence-electron chi connectivity index (χ2n) is 8.76. The van der Waals surface area contributed by atoms with Gasteiger partial charge in [0.15, 0.2) is 11.5 Å². The highest BCUT2D eigenvalue weighted by Crippen LogP contribution is 2.32. The lowest BCUT2D eigenvalue weighted by Crippen LogP contribution is -2.30. The molecule has 4 aromatic rings. The number of fused-ring (bicyclic) bond motifs is 1. The number of carbonyl (C=O) groups excluding carboxylic acids is 2. The van der Waals surface area contributed by atoms with E-state index in [0.29, 0.717) is 60.0 Å². The Bertz CT molecular complexity index is 1480. The highest BCUT2D eigenvalue weighted by molar-refractivity contribution is 5.91. The average molecular weight is 486 g/mol. The van der Waals surface area contributed by atoms with Crippen molar-refractivity contribution in [3.05, 3.63) is 59.8 Å². The summed E-state index contributed by atoms with van der Waals surface area (Å²) >= 11 is 0. The Balaban J connectivity index is 1.69. The zero-order valence-electron chi connectivity index (χ0n) is 20.4. The molecule has 1 fully saturated rings. The summed E-state index contributed by atoms with van der Waals surface area (Å²) in [5.74, 6) is 1.44. The Morgan fingerprint density at radius 2 is 1.92 bits per heavy atom. The smallest absolute Gasteiger partial charge is 0.338 e. The third-order valence-corrected chi connectivity index (χ3v) is 6.49. The minimum atomic E-state index is -0.396. The van der Waals surface area contributed by atoms with Gasteiger partial charge < -0.3 is 20.3 Å². The number of hydrogen-bond acceptors (Lipinski definition) is 8. The number of carbonyl (C=O) groups is 2. The number of ether oxygens (including phenoxy) is 1. The lowest BCUT2D eigenvalue weighted by molar-refractivity contribution is -0.129. The molecular formula is C26H27N7O3. The van der Waals surface area contributed by atoms with Crippen molar-refractivity contribution in [3.8, 4) is 17.1 Å². The van der Waals surface area contributed by atoms with Crippen molar-refractivity contribution in [2.24, 2.45) is 0 Å². The third-order valence-electron chi connectivity index (χ3n) is 6.49. The van der Waals surface area contributed by atoms with Crippen LogP contribution in [0.3, 0.4) is 0 Å². The molecule has 3 aromatic heterocycles. The summed E-state index contributed by atoms with van der Waals surface area (Å²) in [6.45, 7) is 3.76. The minimum absolute atomic E-state index is 0.124. The van der Waals surface area contributed by atoms with Gasteiger partial charge in [0.25, 0.3) is 0 Å². The standard InChI is InChI=1S/C26H27N7O3/c1-16-15-17(6-7-18(16)26(35)36-3)33-24(19-5-4-11-28-23(19)27)29-20-8-9-21(30-25(20)33)32-12-10-22(34)31(2)13-14-32/h4-9,11,15H,10,12-14H2,1-3H3,(H2,27,28). The lowest BCUT2D eigenvalue weighted by atomic mass is 10.1. The molecule has 1 aliphatic rings. The van der Waals surface area contributed by atoms with Crippen LogP contribution in [-0.2, 0) is 9.53 Å². The van der Waals surface area contributed by atoms with Crippen LogP contribution in [0.5, 0.6) is 0 Å². The SMILES string of the molecule is COC(=O)c1ccc(-n2c(-c3cccnc3N)nc3ccc(N4CCC(=O)N(C)CC4)nc32)cc1C. The van der Waals surface area contributed by atoms with Crippen molar-refractivity contribution in [2.45, 2.75) is 13.3 Å². The van der Waals surface area contributed by atoms with Crippen LogP contribution in [0, 0.1) is 6.92 Å². The largest absolute Gasteiger partial charge is 0.465 e. The Hall–Kier alpha value is -4.47. The monoisotopic (exact) mass is 485 g/mol. The summed E-state index contributed by atoms with van der Waals surface area (Å²) in [6, 6.07) is 13.0. The normalized spacial score (nSPS) is 14.2. The quantitative estimate of drug-likeness (QED) is 0.438. The fraction of sp³-hybridized carbons (Fsp3) is 0.269. The molecule has 1 aliphatic heterocycles. The molecule has 184 valence electrons. The molecule has 1 aromatic carbocycles. The molecule has 0 spiro atoms. The number of aromatic nitrogens is 4. The van der Waals surface area contributed by atoms with Gasteiger partial charge >= 0.3 is 5.97 Å². The maximum Gasteiger partial charge on any atom is 0.338 e. The van der Waals surface area contributed by atoms with Gasteiger partial charge in [0, 0.05) is 45.0 Å². The number of nitrogens with zero attached hydrogens (tertiary/aromatic N) is 6. The van der Waals surface area contributed by atoms with Crippen LogP contribution in [0.4, 0.5) is 11.6 Å². The molecule has 4 heterocycles. The lowest BCUT2D eigenvalue weighted by Gasteiger charge is -2.21. The van der Waals surface area contributed by atoms with Crippen molar-refractivity contribution < 1.29 is 14.3 Å². The first-order chi connectivity index (χ1) is 17.4. The summed E-state index contributed by atoms with van der Waals surface area (Å²) in [5.41, 5.74) is 10.3. The summed E-state index contributed by atoms with van der Waals surface area (Å²) < 4.78 is 6.83. The second-order valence-corrected chi connectivity index (χ2v) is 8.76. The molecule has 0 saturated carbocycles. The number of aryl methyl sites for hydroxylation is 1. The number of methoxy groups -OCH3 is 1. The molecule has 2 N–H and O–H groups in total. The Morgan fingerprint density at radius 1 is 1.08 bits per heavy atom. The van der Waals surface area contributed by atoms with Gasteiger partial charge in [0.05, 0.1) is 18.2 Å². The molecule has 0 atom stereocenters. The van der Waals surface area contributed by atoms with Crippen LogP contribution < -0.4 is 10.6 Å². The summed E-state index contributed by atoms with van der Waals surface area (Å²) in [6.07, 6.45) is 2.07. The molecule has 1 saturated heterocycles. The fourth-order valence-electron chi connectivity index (χ4n) is 4.44. The molecular weight excluding hydrogens is 458 g/mol. The molecule has 10 heteroatoms. The van der Waals surface area contributed by atoms with Crippen molar-refractivity contribution in [1.29, 1.82) is 0 Å². The van der Waals surface area contributed by atoms with E-state index < -0.39 is 5.97 Å². The summed E-state index contributed by atoms with van der Waals surface area (Å²) in [7, 11) is 3.18. The summed E-state index contributed by atoms with van der Waals surface area (Å²) in [5, 5.41) is 0. The van der Waals surface area contributed by atoms with E-state index in [9.17, 15) is 9.59 Å². The predicted molar refractivity (Wildman–Crippen MR) is 137 cm³/mol. The van der Waals surface area contributed by atoms with Gasteiger partial charge in [0.2, 0.25) is 5.91 Å².